The van der Waals surface area contributed by atoms with Crippen molar-refractivity contribution in [3.63, 3.8) is 0 Å². The summed E-state index contributed by atoms with van der Waals surface area (Å²) in [5.74, 6) is 0. The molecule has 3 heterocycles. The number of fused-ring (bicyclic) bond motifs is 9. The number of nitrogens with zero attached hydrogens (tertiary/aromatic N) is 4. The molecule has 4 nitrogen and oxygen atoms in total. The maximum atomic E-state index is 6.10. The fraction of sp³-hybridized carbons (Fsp3) is 0. The zero-order valence-corrected chi connectivity index (χ0v) is 21.1. The lowest BCUT2D eigenvalue weighted by Crippen LogP contribution is -2.03. The van der Waals surface area contributed by atoms with Crippen molar-refractivity contribution >= 4 is 56.5 Å². The maximum absolute atomic E-state index is 6.10. The highest BCUT2D eigenvalue weighted by Gasteiger charge is 2.17. The lowest BCUT2D eigenvalue weighted by atomic mass is 10.0. The predicted octanol–water partition coefficient (Wildman–Crippen LogP) is 8.51. The van der Waals surface area contributed by atoms with Gasteiger partial charge in [0, 0.05) is 5.39 Å². The summed E-state index contributed by atoms with van der Waals surface area (Å²) in [6.45, 7) is 0. The van der Waals surface area contributed by atoms with Crippen LogP contribution in [0.3, 0.4) is 0 Å². The van der Waals surface area contributed by atoms with Gasteiger partial charge in [0.25, 0.3) is 0 Å². The van der Waals surface area contributed by atoms with E-state index in [0.29, 0.717) is 0 Å². The van der Waals surface area contributed by atoms with Gasteiger partial charge in [-0.1, -0.05) is 97.1 Å². The van der Waals surface area contributed by atoms with Gasteiger partial charge in [-0.25, -0.2) is 9.97 Å². The third-order valence-corrected chi connectivity index (χ3v) is 7.70. The van der Waals surface area contributed by atoms with E-state index in [2.05, 4.69) is 112 Å². The highest BCUT2D eigenvalue weighted by Crippen LogP contribution is 2.32. The molecule has 0 aliphatic rings. The summed E-state index contributed by atoms with van der Waals surface area (Å²) < 4.78 is 5.03. The molecule has 0 bridgehead atoms. The van der Waals surface area contributed by atoms with Crippen LogP contribution in [0.4, 0.5) is 0 Å². The van der Waals surface area contributed by atoms with Crippen molar-refractivity contribution < 1.29 is 0 Å². The number of rotatable bonds is 2. The van der Waals surface area contributed by atoms with Gasteiger partial charge < -0.3 is 0 Å². The number of hydrogen-bond acceptors (Lipinski definition) is 3. The molecule has 0 unspecified atom stereocenters. The quantitative estimate of drug-likeness (QED) is 0.134. The number of para-hydroxylation sites is 2. The molecule has 0 radical (unpaired) electrons. The van der Waals surface area contributed by atoms with Crippen molar-refractivity contribution in [1.29, 1.82) is 0 Å². The Morgan fingerprint density at radius 1 is 0.447 bits per heavy atom. The minimum atomic E-state index is 0.736. The Kier molecular flexibility index (Phi) is 4.51. The van der Waals surface area contributed by atoms with Crippen molar-refractivity contribution in [2.24, 2.45) is 0 Å². The lowest BCUT2D eigenvalue weighted by molar-refractivity contribution is 1.13. The average molecular weight is 505 g/mol. The molecule has 178 valence electrons. The summed E-state index contributed by atoms with van der Waals surface area (Å²) in [7, 11) is 0. The van der Waals surface area contributed by atoms with Crippen molar-refractivity contribution in [3.05, 3.63) is 126 Å². The summed E-state index contributed by atoms with van der Waals surface area (Å²) in [6.07, 6.45) is 0. The number of aromatic nitrogens is 4. The molecular weight excluding hydrogens is 484 g/mol. The molecule has 5 aromatic carbocycles. The van der Waals surface area contributed by atoms with Crippen molar-refractivity contribution in [2.75, 3.05) is 0 Å². The van der Waals surface area contributed by atoms with Crippen LogP contribution in [0.2, 0.25) is 0 Å². The van der Waals surface area contributed by atoms with Crippen LogP contribution in [-0.4, -0.2) is 18.8 Å². The van der Waals surface area contributed by atoms with Gasteiger partial charge in [0.15, 0.2) is 11.3 Å². The van der Waals surface area contributed by atoms with Gasteiger partial charge >= 0.3 is 0 Å². The first kappa shape index (κ1) is 21.2. The second kappa shape index (κ2) is 8.07. The second-order valence-corrected chi connectivity index (χ2v) is 9.89. The summed E-state index contributed by atoms with van der Waals surface area (Å²) in [5.41, 5.74) is 11.0. The topological polar surface area (TPSA) is 34.6 Å². The molecule has 0 N–H and O–H groups in total. The van der Waals surface area contributed by atoms with E-state index in [1.54, 1.807) is 0 Å². The normalized spacial score (nSPS) is 11.8. The zero-order valence-electron chi connectivity index (χ0n) is 20.2. The highest BCUT2D eigenvalue weighted by molar-refractivity contribution is 7.71. The summed E-state index contributed by atoms with van der Waals surface area (Å²) in [5, 5.41) is 0.953. The molecule has 8 rings (SSSR count). The van der Waals surface area contributed by atoms with Crippen LogP contribution in [0.25, 0.3) is 66.5 Å². The molecule has 0 saturated carbocycles. The van der Waals surface area contributed by atoms with Gasteiger partial charge in [-0.2, -0.15) is 0 Å². The summed E-state index contributed by atoms with van der Waals surface area (Å²) in [4.78, 5) is 10.3. The largest absolute Gasteiger partial charge is 0.288 e. The van der Waals surface area contributed by atoms with Crippen molar-refractivity contribution in [3.8, 4) is 22.3 Å². The number of benzene rings is 5. The summed E-state index contributed by atoms with van der Waals surface area (Å²) in [6, 6.07) is 41.9. The predicted molar refractivity (Wildman–Crippen MR) is 158 cm³/mol. The molecule has 0 saturated heterocycles. The second-order valence-electron chi connectivity index (χ2n) is 9.50. The zero-order chi connectivity index (χ0) is 25.2. The average Bonchev–Trinajstić information content (AvgIpc) is 3.37. The molecule has 8 aromatic rings. The van der Waals surface area contributed by atoms with Gasteiger partial charge in [0.05, 0.1) is 27.6 Å². The molecule has 5 heteroatoms. The number of imidazole rings is 1. The standard InChI is InChI=1S/C33H20N4S/c38-33-25-17-15-23(21-9-3-1-4-10-21)19-26(25)34-32-31-35-27-20-24(22-11-5-2-6-12-22)16-18-28(27)36(31)29-13-7-8-14-30(29)37(32)33/h1-20H. The Labute approximate surface area is 223 Å². The Morgan fingerprint density at radius 3 is 1.66 bits per heavy atom. The van der Waals surface area contributed by atoms with E-state index in [1.807, 2.05) is 18.2 Å². The van der Waals surface area contributed by atoms with Crippen molar-refractivity contribution in [2.45, 2.75) is 0 Å². The van der Waals surface area contributed by atoms with Gasteiger partial charge in [-0.05, 0) is 58.7 Å². The van der Waals surface area contributed by atoms with Gasteiger partial charge in [0.1, 0.15) is 4.64 Å². The van der Waals surface area contributed by atoms with E-state index in [9.17, 15) is 0 Å². The monoisotopic (exact) mass is 504 g/mol. The Bertz CT molecular complexity index is 2250. The molecule has 0 aliphatic carbocycles. The summed E-state index contributed by atoms with van der Waals surface area (Å²) >= 11 is 6.10. The fourth-order valence-electron chi connectivity index (χ4n) is 5.50. The number of hydrogen-bond donors (Lipinski definition) is 0. The van der Waals surface area contributed by atoms with E-state index < -0.39 is 0 Å². The molecule has 38 heavy (non-hydrogen) atoms. The highest BCUT2D eigenvalue weighted by atomic mass is 32.1. The SMILES string of the molecule is S=c1c2ccc(-c3ccccc3)cc2nc2c3nc4cc(-c5ccccc5)ccc4n3c3ccccc3n12. The molecular formula is C33H20N4S. The minimum absolute atomic E-state index is 0.736. The Balaban J connectivity index is 1.50. The Morgan fingerprint density at radius 2 is 0.974 bits per heavy atom. The molecule has 0 aliphatic heterocycles. The van der Waals surface area contributed by atoms with Gasteiger partial charge in [-0.3, -0.25) is 8.80 Å². The van der Waals surface area contributed by atoms with E-state index in [-0.39, 0.29) is 0 Å². The van der Waals surface area contributed by atoms with Gasteiger partial charge in [-0.15, -0.1) is 0 Å². The first-order valence-electron chi connectivity index (χ1n) is 12.6. The van der Waals surface area contributed by atoms with Crippen LogP contribution in [0.15, 0.2) is 121 Å². The van der Waals surface area contributed by atoms with E-state index in [0.717, 1.165) is 65.6 Å². The fourth-order valence-corrected chi connectivity index (χ4v) is 5.85. The first-order chi connectivity index (χ1) is 18.8. The Hall–Kier alpha value is -4.87. The molecule has 0 atom stereocenters. The van der Waals surface area contributed by atoms with Crippen LogP contribution in [0.5, 0.6) is 0 Å². The van der Waals surface area contributed by atoms with Crippen LogP contribution in [0.1, 0.15) is 0 Å². The van der Waals surface area contributed by atoms with Crippen LogP contribution >= 0.6 is 12.2 Å². The minimum Gasteiger partial charge on any atom is -0.288 e. The van der Waals surface area contributed by atoms with Crippen LogP contribution in [0, 0.1) is 4.64 Å². The third kappa shape index (κ3) is 3.06. The smallest absolute Gasteiger partial charge is 0.183 e. The van der Waals surface area contributed by atoms with E-state index in [4.69, 9.17) is 22.2 Å². The van der Waals surface area contributed by atoms with Crippen LogP contribution < -0.4 is 0 Å². The van der Waals surface area contributed by atoms with Crippen LogP contribution in [-0.2, 0) is 0 Å². The molecule has 0 spiro atoms. The van der Waals surface area contributed by atoms with Gasteiger partial charge in [0.2, 0.25) is 0 Å². The first-order valence-corrected chi connectivity index (χ1v) is 13.0. The molecule has 0 amide bonds. The lowest BCUT2D eigenvalue weighted by Gasteiger charge is -2.12. The third-order valence-electron chi connectivity index (χ3n) is 7.30. The molecule has 3 aromatic heterocycles. The van der Waals surface area contributed by atoms with E-state index in [1.165, 1.54) is 5.56 Å². The van der Waals surface area contributed by atoms with Crippen molar-refractivity contribution in [1.82, 2.24) is 18.8 Å². The molecule has 0 fully saturated rings. The maximum Gasteiger partial charge on any atom is 0.183 e. The van der Waals surface area contributed by atoms with E-state index >= 15 is 0 Å².